The summed E-state index contributed by atoms with van der Waals surface area (Å²) in [5.41, 5.74) is 11.8. The van der Waals surface area contributed by atoms with Crippen molar-refractivity contribution in [2.45, 2.75) is 25.4 Å². The van der Waals surface area contributed by atoms with E-state index >= 15 is 0 Å². The fourth-order valence-electron chi connectivity index (χ4n) is 1.29. The van der Waals surface area contributed by atoms with Crippen LogP contribution in [-0.4, -0.2) is 22.1 Å². The van der Waals surface area contributed by atoms with Crippen LogP contribution in [0.5, 0.6) is 0 Å². The molecule has 0 aliphatic heterocycles. The molecule has 1 aromatic rings. The predicted molar refractivity (Wildman–Crippen MR) is 69.1 cm³/mol. The molecule has 1 atom stereocenters. The van der Waals surface area contributed by atoms with Gasteiger partial charge in [-0.15, -0.1) is 12.4 Å². The number of rotatable bonds is 4. The number of hydrogen-bond donors (Lipinski definition) is 3. The highest BCUT2D eigenvalue weighted by molar-refractivity contribution is 5.85. The Hall–Kier alpha value is -1.14. The van der Waals surface area contributed by atoms with Crippen LogP contribution in [0.2, 0.25) is 0 Å². The molecular weight excluding hydrogens is 244 g/mol. The maximum absolute atomic E-state index is 10.8. The molecule has 0 aromatic heterocycles. The highest BCUT2D eigenvalue weighted by atomic mass is 35.5. The Balaban J connectivity index is 0. The molecule has 0 saturated carbocycles. The van der Waals surface area contributed by atoms with E-state index in [1.165, 1.54) is 6.92 Å². The first-order valence-electron chi connectivity index (χ1n) is 4.76. The zero-order valence-electron chi connectivity index (χ0n) is 9.64. The van der Waals surface area contributed by atoms with Crippen molar-refractivity contribution < 1.29 is 15.4 Å². The summed E-state index contributed by atoms with van der Waals surface area (Å²) in [5, 5.41) is 8.86. The van der Waals surface area contributed by atoms with Gasteiger partial charge in [0.1, 0.15) is 5.54 Å². The third-order valence-corrected chi connectivity index (χ3v) is 2.32. The van der Waals surface area contributed by atoms with Gasteiger partial charge in [0.05, 0.1) is 0 Å². The molecule has 0 fully saturated rings. The van der Waals surface area contributed by atoms with Gasteiger partial charge in [-0.25, -0.2) is 0 Å². The molecular formula is C11H19ClN2O3. The summed E-state index contributed by atoms with van der Waals surface area (Å²) >= 11 is 0. The van der Waals surface area contributed by atoms with E-state index in [1.54, 1.807) is 0 Å². The standard InChI is InChI=1S/C11H16N2O2.ClH.H2O/c1-11(13,10(14)15)6-8-2-4-9(7-12)5-3-8;;/h2-5H,6-7,12-13H2,1H3,(H,14,15);1H;1H2/t11-;;/m1../s1. The van der Waals surface area contributed by atoms with Crippen LogP contribution in [0, 0.1) is 0 Å². The van der Waals surface area contributed by atoms with Crippen molar-refractivity contribution >= 4 is 18.4 Å². The van der Waals surface area contributed by atoms with Gasteiger partial charge in [-0.2, -0.15) is 0 Å². The van der Waals surface area contributed by atoms with Crippen molar-refractivity contribution in [1.29, 1.82) is 0 Å². The van der Waals surface area contributed by atoms with Gasteiger partial charge in [-0.3, -0.25) is 4.79 Å². The van der Waals surface area contributed by atoms with Crippen LogP contribution in [0.4, 0.5) is 0 Å². The Morgan fingerprint density at radius 1 is 1.29 bits per heavy atom. The zero-order valence-corrected chi connectivity index (χ0v) is 10.5. The molecule has 0 heterocycles. The number of hydrogen-bond acceptors (Lipinski definition) is 3. The van der Waals surface area contributed by atoms with Crippen LogP contribution in [0.1, 0.15) is 18.1 Å². The number of carboxylic acids is 1. The topological polar surface area (TPSA) is 121 Å². The summed E-state index contributed by atoms with van der Waals surface area (Å²) in [5.74, 6) is -0.995. The molecule has 0 aliphatic rings. The second-order valence-electron chi connectivity index (χ2n) is 3.92. The van der Waals surface area contributed by atoms with Gasteiger partial charge in [-0.05, 0) is 18.1 Å². The van der Waals surface area contributed by atoms with Gasteiger partial charge < -0.3 is 22.1 Å². The Morgan fingerprint density at radius 3 is 2.06 bits per heavy atom. The van der Waals surface area contributed by atoms with Crippen molar-refractivity contribution in [3.8, 4) is 0 Å². The smallest absolute Gasteiger partial charge is 0.323 e. The Bertz CT molecular complexity index is 352. The average Bonchev–Trinajstić information content (AvgIpc) is 2.18. The molecule has 0 amide bonds. The van der Waals surface area contributed by atoms with E-state index in [1.807, 2.05) is 24.3 Å². The van der Waals surface area contributed by atoms with E-state index in [4.69, 9.17) is 16.6 Å². The summed E-state index contributed by atoms with van der Waals surface area (Å²) in [6.07, 6.45) is 0.313. The van der Waals surface area contributed by atoms with Crippen molar-refractivity contribution in [2.24, 2.45) is 11.5 Å². The molecule has 0 spiro atoms. The minimum absolute atomic E-state index is 0. The summed E-state index contributed by atoms with van der Waals surface area (Å²) in [6, 6.07) is 7.48. The van der Waals surface area contributed by atoms with Crippen LogP contribution < -0.4 is 11.5 Å². The summed E-state index contributed by atoms with van der Waals surface area (Å²) in [7, 11) is 0. The maximum atomic E-state index is 10.8. The highest BCUT2D eigenvalue weighted by Crippen LogP contribution is 2.12. The number of benzene rings is 1. The quantitative estimate of drug-likeness (QED) is 0.712. The minimum atomic E-state index is -1.22. The molecule has 0 aliphatic carbocycles. The normalized spacial score (nSPS) is 12.9. The molecule has 1 aromatic carbocycles. The fourth-order valence-corrected chi connectivity index (χ4v) is 1.29. The Kier molecular flexibility index (Phi) is 7.76. The molecule has 5 nitrogen and oxygen atoms in total. The SMILES string of the molecule is C[C@@](N)(Cc1ccc(CN)cc1)C(=O)O.Cl.O. The lowest BCUT2D eigenvalue weighted by molar-refractivity contribution is -0.142. The fraction of sp³-hybridized carbons (Fsp3) is 0.364. The molecule has 98 valence electrons. The van der Waals surface area contributed by atoms with E-state index in [0.29, 0.717) is 13.0 Å². The lowest BCUT2D eigenvalue weighted by atomic mass is 9.94. The Morgan fingerprint density at radius 2 is 1.71 bits per heavy atom. The minimum Gasteiger partial charge on any atom is -0.480 e. The molecule has 17 heavy (non-hydrogen) atoms. The number of nitrogens with two attached hydrogens (primary N) is 2. The van der Waals surface area contributed by atoms with Crippen molar-refractivity contribution in [3.05, 3.63) is 35.4 Å². The van der Waals surface area contributed by atoms with E-state index in [2.05, 4.69) is 0 Å². The van der Waals surface area contributed by atoms with Crippen molar-refractivity contribution in [2.75, 3.05) is 0 Å². The van der Waals surface area contributed by atoms with Gasteiger partial charge in [0, 0.05) is 13.0 Å². The van der Waals surface area contributed by atoms with Gasteiger partial charge >= 0.3 is 5.97 Å². The monoisotopic (exact) mass is 262 g/mol. The molecule has 0 radical (unpaired) electrons. The first kappa shape index (κ1) is 18.2. The van der Waals surface area contributed by atoms with Crippen LogP contribution >= 0.6 is 12.4 Å². The second-order valence-corrected chi connectivity index (χ2v) is 3.92. The predicted octanol–water partition coefficient (Wildman–Crippen LogP) is 0.0869. The largest absolute Gasteiger partial charge is 0.480 e. The number of carboxylic acid groups (broad SMARTS) is 1. The Labute approximate surface area is 107 Å². The molecule has 0 saturated heterocycles. The molecule has 0 unspecified atom stereocenters. The van der Waals surface area contributed by atoms with Crippen LogP contribution in [0.15, 0.2) is 24.3 Å². The van der Waals surface area contributed by atoms with Crippen LogP contribution in [0.3, 0.4) is 0 Å². The van der Waals surface area contributed by atoms with Crippen molar-refractivity contribution in [1.82, 2.24) is 0 Å². The average molecular weight is 263 g/mol. The number of halogens is 1. The summed E-state index contributed by atoms with van der Waals surface area (Å²) in [6.45, 7) is 1.99. The third kappa shape index (κ3) is 5.14. The lowest BCUT2D eigenvalue weighted by Crippen LogP contribution is -2.46. The molecule has 0 bridgehead atoms. The highest BCUT2D eigenvalue weighted by Gasteiger charge is 2.27. The van der Waals surface area contributed by atoms with Crippen LogP contribution in [-0.2, 0) is 17.8 Å². The second kappa shape index (κ2) is 7.24. The van der Waals surface area contributed by atoms with E-state index < -0.39 is 11.5 Å². The summed E-state index contributed by atoms with van der Waals surface area (Å²) < 4.78 is 0. The van der Waals surface area contributed by atoms with E-state index in [0.717, 1.165) is 11.1 Å². The van der Waals surface area contributed by atoms with Gasteiger partial charge in [-0.1, -0.05) is 24.3 Å². The first-order chi connectivity index (χ1) is 6.95. The van der Waals surface area contributed by atoms with Gasteiger partial charge in [0.25, 0.3) is 0 Å². The van der Waals surface area contributed by atoms with Gasteiger partial charge in [0.2, 0.25) is 0 Å². The maximum Gasteiger partial charge on any atom is 0.323 e. The van der Waals surface area contributed by atoms with E-state index in [9.17, 15) is 4.79 Å². The number of aliphatic carboxylic acids is 1. The van der Waals surface area contributed by atoms with Gasteiger partial charge in [0.15, 0.2) is 0 Å². The molecule has 7 N–H and O–H groups in total. The molecule has 6 heteroatoms. The van der Waals surface area contributed by atoms with Crippen molar-refractivity contribution in [3.63, 3.8) is 0 Å². The zero-order chi connectivity index (χ0) is 11.5. The number of carbonyl (C=O) groups is 1. The van der Waals surface area contributed by atoms with E-state index in [-0.39, 0.29) is 17.9 Å². The first-order valence-corrected chi connectivity index (χ1v) is 4.76. The molecule has 1 rings (SSSR count). The summed E-state index contributed by atoms with van der Waals surface area (Å²) in [4.78, 5) is 10.8. The third-order valence-electron chi connectivity index (χ3n) is 2.32. The van der Waals surface area contributed by atoms with Crippen LogP contribution in [0.25, 0.3) is 0 Å². The lowest BCUT2D eigenvalue weighted by Gasteiger charge is -2.19.